The Morgan fingerprint density at radius 1 is 0.750 bits per heavy atom. The van der Waals surface area contributed by atoms with Gasteiger partial charge in [0.05, 0.1) is 0 Å². The van der Waals surface area contributed by atoms with Crippen LogP contribution in [0, 0.1) is 0 Å². The molecule has 0 aromatic rings. The number of nitrogens with one attached hydrogen (secondary N) is 2. The Labute approximate surface area is 82.9 Å². The third kappa shape index (κ3) is 5.57. The van der Waals surface area contributed by atoms with Gasteiger partial charge in [-0.3, -0.25) is 0 Å². The number of hydrogen-bond donors (Lipinski definition) is 2. The number of rotatable bonds is 0. The Bertz CT molecular complexity index is 29.5. The molecule has 1 radical (unpaired) electrons. The second-order valence-electron chi connectivity index (χ2n) is 1.50. The van der Waals surface area contributed by atoms with Gasteiger partial charge in [0.25, 0.3) is 0 Å². The van der Waals surface area contributed by atoms with E-state index in [1.165, 1.54) is 0 Å². The number of piperazine rings is 1. The van der Waals surface area contributed by atoms with Gasteiger partial charge in [-0.15, -0.1) is 0 Å². The molecule has 0 amide bonds. The van der Waals surface area contributed by atoms with Crippen LogP contribution in [0.2, 0.25) is 0 Å². The summed E-state index contributed by atoms with van der Waals surface area (Å²) in [7, 11) is 0. The Kier molecular flexibility index (Phi) is 12.8. The molecule has 2 N–H and O–H groups in total. The first-order valence-electron chi connectivity index (χ1n) is 2.41. The molecule has 0 aromatic carbocycles. The summed E-state index contributed by atoms with van der Waals surface area (Å²) in [6.07, 6.45) is 0. The maximum absolute atomic E-state index is 3.22. The van der Waals surface area contributed by atoms with Crippen molar-refractivity contribution in [2.45, 2.75) is 0 Å². The van der Waals surface area contributed by atoms with Gasteiger partial charge < -0.3 is 10.6 Å². The van der Waals surface area contributed by atoms with E-state index in [-0.39, 0.29) is 46.6 Å². The van der Waals surface area contributed by atoms with Gasteiger partial charge in [0, 0.05) is 43.2 Å². The molecule has 1 rings (SSSR count). The van der Waals surface area contributed by atoms with Crippen LogP contribution in [0.25, 0.3) is 0 Å². The normalized spacial score (nSPS) is 18.0. The molecule has 0 aliphatic carbocycles. The van der Waals surface area contributed by atoms with E-state index in [2.05, 4.69) is 10.6 Å². The molecule has 0 aromatic heterocycles. The van der Waals surface area contributed by atoms with Crippen molar-refractivity contribution < 1.29 is 17.1 Å². The molecule has 2 nitrogen and oxygen atoms in total. The fourth-order valence-corrected chi connectivity index (χ4v) is 0.604. The molecule has 0 saturated carbocycles. The first kappa shape index (κ1) is 12.1. The summed E-state index contributed by atoms with van der Waals surface area (Å²) in [5, 5.41) is 6.44. The third-order valence-electron chi connectivity index (χ3n) is 0.957. The van der Waals surface area contributed by atoms with Crippen LogP contribution in [-0.2, 0) is 17.1 Å². The molecule has 1 saturated heterocycles. The van der Waals surface area contributed by atoms with Crippen molar-refractivity contribution in [3.05, 3.63) is 0 Å². The molecule has 0 atom stereocenters. The summed E-state index contributed by atoms with van der Waals surface area (Å²) >= 11 is 0. The van der Waals surface area contributed by atoms with Crippen molar-refractivity contribution >= 4 is 29.6 Å². The molecule has 0 spiro atoms. The van der Waals surface area contributed by atoms with Crippen molar-refractivity contribution in [3.8, 4) is 0 Å². The molecular weight excluding hydrogens is 163 g/mol. The molecular formula is C4H11CuN2Na. The molecule has 1 aliphatic heterocycles. The SMILES string of the molecule is C1CNCCN1.[Cu].[NaH]. The fraction of sp³-hybridized carbons (Fsp3) is 1.00. The molecule has 0 unspecified atom stereocenters. The van der Waals surface area contributed by atoms with Crippen molar-refractivity contribution in [1.82, 2.24) is 10.6 Å². The van der Waals surface area contributed by atoms with Gasteiger partial charge >= 0.3 is 29.6 Å². The van der Waals surface area contributed by atoms with Gasteiger partial charge in [-0.05, 0) is 0 Å². The molecule has 1 aliphatic rings. The Hall–Kier alpha value is 1.44. The van der Waals surface area contributed by atoms with Crippen LogP contribution < -0.4 is 10.6 Å². The van der Waals surface area contributed by atoms with E-state index in [1.807, 2.05) is 0 Å². The van der Waals surface area contributed by atoms with E-state index >= 15 is 0 Å². The van der Waals surface area contributed by atoms with Crippen LogP contribution in [-0.4, -0.2) is 55.7 Å². The molecule has 1 fully saturated rings. The molecule has 49 valence electrons. The van der Waals surface area contributed by atoms with E-state index in [1.54, 1.807) is 0 Å². The quantitative estimate of drug-likeness (QED) is 0.437. The van der Waals surface area contributed by atoms with Crippen LogP contribution in [0.4, 0.5) is 0 Å². The van der Waals surface area contributed by atoms with Gasteiger partial charge in [-0.2, -0.15) is 0 Å². The standard InChI is InChI=1S/C4H10N2.Cu.Na.H/c1-2-6-4-3-5-1;;;/h5-6H,1-4H2;;;. The zero-order valence-corrected chi connectivity index (χ0v) is 5.07. The van der Waals surface area contributed by atoms with Gasteiger partial charge in [0.2, 0.25) is 0 Å². The van der Waals surface area contributed by atoms with Crippen molar-refractivity contribution in [2.75, 3.05) is 26.2 Å². The summed E-state index contributed by atoms with van der Waals surface area (Å²) in [5.74, 6) is 0. The van der Waals surface area contributed by atoms with Crippen LogP contribution >= 0.6 is 0 Å². The van der Waals surface area contributed by atoms with Gasteiger partial charge in [-0.25, -0.2) is 0 Å². The summed E-state index contributed by atoms with van der Waals surface area (Å²) in [6, 6.07) is 0. The molecule has 8 heavy (non-hydrogen) atoms. The first-order chi connectivity index (χ1) is 3.00. The predicted molar refractivity (Wildman–Crippen MR) is 32.9 cm³/mol. The zero-order chi connectivity index (χ0) is 4.24. The van der Waals surface area contributed by atoms with E-state index in [9.17, 15) is 0 Å². The van der Waals surface area contributed by atoms with Crippen molar-refractivity contribution in [3.63, 3.8) is 0 Å². The Balaban J connectivity index is 0. The van der Waals surface area contributed by atoms with Gasteiger partial charge in [0.1, 0.15) is 0 Å². The van der Waals surface area contributed by atoms with E-state index < -0.39 is 0 Å². The summed E-state index contributed by atoms with van der Waals surface area (Å²) in [5.41, 5.74) is 0. The Morgan fingerprint density at radius 2 is 1.00 bits per heavy atom. The molecule has 1 heterocycles. The topological polar surface area (TPSA) is 24.1 Å². The maximum atomic E-state index is 3.22. The van der Waals surface area contributed by atoms with Crippen LogP contribution in [0.3, 0.4) is 0 Å². The Morgan fingerprint density at radius 3 is 1.12 bits per heavy atom. The summed E-state index contributed by atoms with van der Waals surface area (Å²) < 4.78 is 0. The van der Waals surface area contributed by atoms with E-state index in [4.69, 9.17) is 0 Å². The van der Waals surface area contributed by atoms with Crippen LogP contribution in [0.1, 0.15) is 0 Å². The average molecular weight is 174 g/mol. The summed E-state index contributed by atoms with van der Waals surface area (Å²) in [6.45, 7) is 4.56. The molecule has 4 heteroatoms. The zero-order valence-electron chi connectivity index (χ0n) is 4.13. The summed E-state index contributed by atoms with van der Waals surface area (Å²) in [4.78, 5) is 0. The monoisotopic (exact) mass is 173 g/mol. The van der Waals surface area contributed by atoms with Crippen molar-refractivity contribution in [2.24, 2.45) is 0 Å². The third-order valence-corrected chi connectivity index (χ3v) is 0.957. The second kappa shape index (κ2) is 8.44. The minimum atomic E-state index is 0. The first-order valence-corrected chi connectivity index (χ1v) is 2.41. The van der Waals surface area contributed by atoms with Gasteiger partial charge in [0.15, 0.2) is 0 Å². The van der Waals surface area contributed by atoms with Crippen LogP contribution in [0.15, 0.2) is 0 Å². The molecule has 0 bridgehead atoms. The van der Waals surface area contributed by atoms with E-state index in [0.717, 1.165) is 26.2 Å². The van der Waals surface area contributed by atoms with Crippen molar-refractivity contribution in [1.29, 1.82) is 0 Å². The number of hydrogen-bond acceptors (Lipinski definition) is 2. The minimum absolute atomic E-state index is 0. The average Bonchev–Trinajstić information content (AvgIpc) is 1.72. The van der Waals surface area contributed by atoms with E-state index in [0.29, 0.717) is 0 Å². The fourth-order valence-electron chi connectivity index (χ4n) is 0.604. The van der Waals surface area contributed by atoms with Crippen LogP contribution in [0.5, 0.6) is 0 Å². The van der Waals surface area contributed by atoms with Gasteiger partial charge in [-0.1, -0.05) is 0 Å². The second-order valence-corrected chi connectivity index (χ2v) is 1.50. The predicted octanol–water partition coefficient (Wildman–Crippen LogP) is -1.47.